The Morgan fingerprint density at radius 3 is 2.62 bits per heavy atom. The predicted molar refractivity (Wildman–Crippen MR) is 80.1 cm³/mol. The number of anilines is 1. The molecule has 0 saturated carbocycles. The third kappa shape index (κ3) is 3.26. The fourth-order valence-corrected chi connectivity index (χ4v) is 2.51. The Morgan fingerprint density at radius 2 is 2.00 bits per heavy atom. The number of nitrogens with one attached hydrogen (secondary N) is 1. The summed E-state index contributed by atoms with van der Waals surface area (Å²) in [5, 5.41) is 2.71. The monoisotopic (exact) mass is 291 g/mol. The van der Waals surface area contributed by atoms with Gasteiger partial charge in [-0.15, -0.1) is 0 Å². The van der Waals surface area contributed by atoms with Gasteiger partial charge in [0.15, 0.2) is 5.75 Å². The summed E-state index contributed by atoms with van der Waals surface area (Å²) in [6.07, 6.45) is 2.05. The van der Waals surface area contributed by atoms with Crippen LogP contribution in [0.5, 0.6) is 5.75 Å². The molecule has 1 fully saturated rings. The Kier molecular flexibility index (Phi) is 4.67. The van der Waals surface area contributed by atoms with Crippen molar-refractivity contribution in [2.75, 3.05) is 25.9 Å². The van der Waals surface area contributed by atoms with Crippen molar-refractivity contribution in [1.82, 2.24) is 10.2 Å². The van der Waals surface area contributed by atoms with Crippen LogP contribution in [0.1, 0.15) is 30.1 Å². The first kappa shape index (κ1) is 15.2. The number of nitrogens with two attached hydrogens (primary N) is 1. The van der Waals surface area contributed by atoms with E-state index >= 15 is 0 Å². The first-order chi connectivity index (χ1) is 10.0. The summed E-state index contributed by atoms with van der Waals surface area (Å²) in [6, 6.07) is 4.40. The van der Waals surface area contributed by atoms with Crippen LogP contribution in [0, 0.1) is 0 Å². The zero-order chi connectivity index (χ0) is 15.4. The first-order valence-electron chi connectivity index (χ1n) is 7.06. The maximum absolute atomic E-state index is 12.3. The topological polar surface area (TPSA) is 84.7 Å². The molecule has 0 spiro atoms. The minimum atomic E-state index is -0.568. The van der Waals surface area contributed by atoms with E-state index in [1.807, 2.05) is 0 Å². The van der Waals surface area contributed by atoms with Crippen LogP contribution in [0.25, 0.3) is 0 Å². The average molecular weight is 291 g/mol. The van der Waals surface area contributed by atoms with Crippen LogP contribution in [0.15, 0.2) is 18.2 Å². The van der Waals surface area contributed by atoms with E-state index in [-0.39, 0.29) is 11.8 Å². The molecule has 1 aliphatic rings. The zero-order valence-electron chi connectivity index (χ0n) is 12.4. The molecular weight excluding hydrogens is 270 g/mol. The molecule has 1 saturated heterocycles. The summed E-state index contributed by atoms with van der Waals surface area (Å²) in [7, 11) is 1.46. The van der Waals surface area contributed by atoms with E-state index < -0.39 is 6.04 Å². The highest BCUT2D eigenvalue weighted by atomic mass is 16.5. The van der Waals surface area contributed by atoms with Crippen molar-refractivity contribution in [3.05, 3.63) is 23.8 Å². The van der Waals surface area contributed by atoms with Crippen molar-refractivity contribution in [1.29, 1.82) is 0 Å². The lowest BCUT2D eigenvalue weighted by molar-refractivity contribution is -0.131. The molecule has 0 radical (unpaired) electrons. The number of carbonyl (C=O) groups excluding carboxylic acids is 2. The number of likely N-dealkylation sites (tertiary alicyclic amines) is 1. The van der Waals surface area contributed by atoms with Gasteiger partial charge in [0.05, 0.1) is 18.4 Å². The number of nitrogen functional groups attached to an aromatic ring is 1. The summed E-state index contributed by atoms with van der Waals surface area (Å²) >= 11 is 0. The maximum Gasteiger partial charge on any atom is 0.255 e. The third-order valence-electron chi connectivity index (χ3n) is 3.63. The van der Waals surface area contributed by atoms with E-state index in [4.69, 9.17) is 10.5 Å². The Morgan fingerprint density at radius 1 is 1.33 bits per heavy atom. The van der Waals surface area contributed by atoms with E-state index in [0.29, 0.717) is 17.0 Å². The molecule has 2 amide bonds. The molecule has 2 rings (SSSR count). The normalized spacial score (nSPS) is 15.6. The second kappa shape index (κ2) is 6.47. The van der Waals surface area contributed by atoms with Gasteiger partial charge in [0, 0.05) is 13.1 Å². The Labute approximate surface area is 124 Å². The highest BCUT2D eigenvalue weighted by molar-refractivity contribution is 6.00. The third-order valence-corrected chi connectivity index (χ3v) is 3.63. The molecule has 114 valence electrons. The van der Waals surface area contributed by atoms with Crippen molar-refractivity contribution in [3.8, 4) is 5.75 Å². The number of hydrogen-bond donors (Lipinski definition) is 2. The largest absolute Gasteiger partial charge is 0.494 e. The van der Waals surface area contributed by atoms with Crippen LogP contribution in [0.4, 0.5) is 5.69 Å². The molecule has 1 aliphatic heterocycles. The van der Waals surface area contributed by atoms with Crippen LogP contribution in [0.3, 0.4) is 0 Å². The number of rotatable bonds is 4. The lowest BCUT2D eigenvalue weighted by atomic mass is 10.1. The Hall–Kier alpha value is -2.24. The van der Waals surface area contributed by atoms with Gasteiger partial charge in [-0.1, -0.05) is 6.07 Å². The lowest BCUT2D eigenvalue weighted by Gasteiger charge is -2.21. The standard InChI is InChI=1S/C15H21N3O3/c1-10(15(20)18-8-3-4-9-18)17-14(19)11-6-5-7-12(16)13(11)21-2/h5-7,10H,3-4,8-9,16H2,1-2H3,(H,17,19). The molecule has 1 heterocycles. The highest BCUT2D eigenvalue weighted by Gasteiger charge is 2.25. The van der Waals surface area contributed by atoms with Gasteiger partial charge in [-0.2, -0.15) is 0 Å². The van der Waals surface area contributed by atoms with Crippen molar-refractivity contribution in [2.45, 2.75) is 25.8 Å². The Balaban J connectivity index is 2.07. The number of para-hydroxylation sites is 1. The minimum absolute atomic E-state index is 0.0521. The maximum atomic E-state index is 12.3. The second-order valence-electron chi connectivity index (χ2n) is 5.16. The molecule has 3 N–H and O–H groups in total. The van der Waals surface area contributed by atoms with Crippen LogP contribution in [0.2, 0.25) is 0 Å². The molecule has 1 aromatic rings. The number of methoxy groups -OCH3 is 1. The first-order valence-corrected chi connectivity index (χ1v) is 7.06. The molecule has 21 heavy (non-hydrogen) atoms. The smallest absolute Gasteiger partial charge is 0.255 e. The van der Waals surface area contributed by atoms with Crippen LogP contribution in [-0.4, -0.2) is 43.0 Å². The van der Waals surface area contributed by atoms with Gasteiger partial charge in [0.2, 0.25) is 5.91 Å². The molecule has 6 heteroatoms. The van der Waals surface area contributed by atoms with Crippen molar-refractivity contribution in [2.24, 2.45) is 0 Å². The summed E-state index contributed by atoms with van der Waals surface area (Å²) < 4.78 is 5.16. The van der Waals surface area contributed by atoms with Crippen LogP contribution < -0.4 is 15.8 Å². The quantitative estimate of drug-likeness (QED) is 0.811. The molecule has 0 aromatic heterocycles. The minimum Gasteiger partial charge on any atom is -0.494 e. The highest BCUT2D eigenvalue weighted by Crippen LogP contribution is 2.25. The predicted octanol–water partition coefficient (Wildman–Crippen LogP) is 1.02. The van der Waals surface area contributed by atoms with Gasteiger partial charge in [0.25, 0.3) is 5.91 Å². The fourth-order valence-electron chi connectivity index (χ4n) is 2.51. The van der Waals surface area contributed by atoms with Crippen molar-refractivity contribution in [3.63, 3.8) is 0 Å². The lowest BCUT2D eigenvalue weighted by Crippen LogP contribution is -2.46. The molecule has 1 unspecified atom stereocenters. The number of amides is 2. The van der Waals surface area contributed by atoms with E-state index in [1.54, 1.807) is 30.0 Å². The molecule has 0 aliphatic carbocycles. The zero-order valence-corrected chi connectivity index (χ0v) is 12.4. The fraction of sp³-hybridized carbons (Fsp3) is 0.467. The summed E-state index contributed by atoms with van der Waals surface area (Å²) in [4.78, 5) is 26.3. The number of ether oxygens (including phenoxy) is 1. The number of benzene rings is 1. The summed E-state index contributed by atoms with van der Waals surface area (Å²) in [5.74, 6) is -0.0845. The molecule has 1 aromatic carbocycles. The molecule has 6 nitrogen and oxygen atoms in total. The SMILES string of the molecule is COc1c(N)cccc1C(=O)NC(C)C(=O)N1CCCC1. The van der Waals surface area contributed by atoms with Crippen LogP contribution >= 0.6 is 0 Å². The van der Waals surface area contributed by atoms with Gasteiger partial charge in [-0.05, 0) is 31.9 Å². The van der Waals surface area contributed by atoms with E-state index in [2.05, 4.69) is 5.32 Å². The van der Waals surface area contributed by atoms with Gasteiger partial charge in [0.1, 0.15) is 6.04 Å². The second-order valence-corrected chi connectivity index (χ2v) is 5.16. The molecule has 0 bridgehead atoms. The van der Waals surface area contributed by atoms with Crippen molar-refractivity contribution >= 4 is 17.5 Å². The molecule has 1 atom stereocenters. The van der Waals surface area contributed by atoms with Crippen LogP contribution in [-0.2, 0) is 4.79 Å². The van der Waals surface area contributed by atoms with Crippen molar-refractivity contribution < 1.29 is 14.3 Å². The van der Waals surface area contributed by atoms with Gasteiger partial charge in [-0.3, -0.25) is 9.59 Å². The summed E-state index contributed by atoms with van der Waals surface area (Å²) in [6.45, 7) is 3.22. The Bertz CT molecular complexity index is 539. The number of carbonyl (C=O) groups is 2. The van der Waals surface area contributed by atoms with E-state index in [0.717, 1.165) is 25.9 Å². The number of hydrogen-bond acceptors (Lipinski definition) is 4. The summed E-state index contributed by atoms with van der Waals surface area (Å²) in [5.41, 5.74) is 6.50. The van der Waals surface area contributed by atoms with Gasteiger partial charge < -0.3 is 20.7 Å². The number of nitrogens with zero attached hydrogens (tertiary/aromatic N) is 1. The van der Waals surface area contributed by atoms with E-state index in [1.165, 1.54) is 7.11 Å². The molecular formula is C15H21N3O3. The van der Waals surface area contributed by atoms with E-state index in [9.17, 15) is 9.59 Å². The van der Waals surface area contributed by atoms with Gasteiger partial charge in [-0.25, -0.2) is 0 Å². The van der Waals surface area contributed by atoms with Gasteiger partial charge >= 0.3 is 0 Å². The average Bonchev–Trinajstić information content (AvgIpc) is 3.00.